The van der Waals surface area contributed by atoms with E-state index in [4.69, 9.17) is 9.47 Å². The smallest absolute Gasteiger partial charge is 0.262 e. The second-order valence-corrected chi connectivity index (χ2v) is 12.3. The molecule has 0 aromatic heterocycles. The molecule has 2 heterocycles. The number of carbonyl (C=O) groups is 2. The maximum absolute atomic E-state index is 13.9. The third kappa shape index (κ3) is 6.23. The number of hydrogen-bond acceptors (Lipinski definition) is 6. The van der Waals surface area contributed by atoms with Crippen LogP contribution in [0.15, 0.2) is 77.7 Å². The molecular weight excluding hydrogens is 542 g/mol. The molecule has 10 heteroatoms. The highest BCUT2D eigenvalue weighted by atomic mass is 32.2. The maximum atomic E-state index is 13.9. The van der Waals surface area contributed by atoms with Crippen LogP contribution in [0.4, 0.5) is 5.69 Å². The quantitative estimate of drug-likeness (QED) is 0.439. The lowest BCUT2D eigenvalue weighted by molar-refractivity contribution is -0.129. The molecule has 5 rings (SSSR count). The van der Waals surface area contributed by atoms with Crippen molar-refractivity contribution in [3.8, 4) is 11.5 Å². The average Bonchev–Trinajstić information content (AvgIpc) is 3.00. The monoisotopic (exact) mass is 577 g/mol. The van der Waals surface area contributed by atoms with Crippen molar-refractivity contribution in [1.82, 2.24) is 9.62 Å². The minimum atomic E-state index is -3.81. The number of carbonyl (C=O) groups excluding carboxylic acids is 2. The molecule has 2 aliphatic rings. The highest BCUT2D eigenvalue weighted by Crippen LogP contribution is 2.36. The van der Waals surface area contributed by atoms with Crippen LogP contribution in [-0.4, -0.2) is 63.9 Å². The second-order valence-electron chi connectivity index (χ2n) is 10.4. The predicted octanol–water partition coefficient (Wildman–Crippen LogP) is 3.56. The summed E-state index contributed by atoms with van der Waals surface area (Å²) in [6.07, 6.45) is 0.911. The van der Waals surface area contributed by atoms with Crippen LogP contribution in [0.1, 0.15) is 24.0 Å². The van der Waals surface area contributed by atoms with Crippen molar-refractivity contribution in [3.05, 3.63) is 83.9 Å². The van der Waals surface area contributed by atoms with Crippen LogP contribution < -0.4 is 19.7 Å². The van der Waals surface area contributed by atoms with E-state index in [9.17, 15) is 18.0 Å². The number of piperidine rings is 1. The lowest BCUT2D eigenvalue weighted by Gasteiger charge is -2.38. The summed E-state index contributed by atoms with van der Waals surface area (Å²) in [6, 6.07) is 21.8. The highest BCUT2D eigenvalue weighted by molar-refractivity contribution is 7.89. The first-order valence-electron chi connectivity index (χ1n) is 13.8. The molecule has 3 aromatic rings. The Labute approximate surface area is 241 Å². The number of benzene rings is 3. The Kier molecular flexibility index (Phi) is 8.60. The number of nitrogens with zero attached hydrogens (tertiary/aromatic N) is 2. The van der Waals surface area contributed by atoms with Gasteiger partial charge in [0.1, 0.15) is 11.5 Å². The number of aryl methyl sites for hydroxylation is 1. The zero-order chi connectivity index (χ0) is 29.0. The molecule has 1 N–H and O–H groups in total. The summed E-state index contributed by atoms with van der Waals surface area (Å²) in [5, 5.41) is 2.93. The third-order valence-electron chi connectivity index (χ3n) is 7.63. The van der Waals surface area contributed by atoms with Crippen LogP contribution in [0.2, 0.25) is 0 Å². The summed E-state index contributed by atoms with van der Waals surface area (Å²) < 4.78 is 39.7. The number of sulfonamides is 1. The van der Waals surface area contributed by atoms with E-state index in [1.54, 1.807) is 49.3 Å². The van der Waals surface area contributed by atoms with Crippen molar-refractivity contribution in [3.63, 3.8) is 0 Å². The van der Waals surface area contributed by atoms with Gasteiger partial charge in [-0.1, -0.05) is 42.5 Å². The molecule has 2 amide bonds. The van der Waals surface area contributed by atoms with Crippen LogP contribution in [0.3, 0.4) is 0 Å². The SMILES string of the molecule is COc1ccc(S(=O)(=O)N2CCC[C@@H](C(=O)N3C[C@@H](C(=O)NCCc4ccccc4)Oc4ccccc43)C2)cc1C. The maximum Gasteiger partial charge on any atom is 0.262 e. The predicted molar refractivity (Wildman–Crippen MR) is 156 cm³/mol. The fourth-order valence-electron chi connectivity index (χ4n) is 5.41. The number of hydrogen-bond donors (Lipinski definition) is 1. The molecule has 0 unspecified atom stereocenters. The Morgan fingerprint density at radius 3 is 2.54 bits per heavy atom. The van der Waals surface area contributed by atoms with Gasteiger partial charge in [0.05, 0.1) is 30.2 Å². The summed E-state index contributed by atoms with van der Waals surface area (Å²) in [7, 11) is -2.26. The van der Waals surface area contributed by atoms with E-state index in [0.29, 0.717) is 49.5 Å². The minimum absolute atomic E-state index is 0.0495. The van der Waals surface area contributed by atoms with E-state index in [-0.39, 0.29) is 29.8 Å². The number of nitrogens with one attached hydrogen (secondary N) is 1. The van der Waals surface area contributed by atoms with Gasteiger partial charge in [0.2, 0.25) is 15.9 Å². The molecule has 0 saturated carbocycles. The summed E-state index contributed by atoms with van der Waals surface area (Å²) in [4.78, 5) is 28.8. The van der Waals surface area contributed by atoms with Gasteiger partial charge >= 0.3 is 0 Å². The highest BCUT2D eigenvalue weighted by Gasteiger charge is 2.39. The Morgan fingerprint density at radius 2 is 1.78 bits per heavy atom. The summed E-state index contributed by atoms with van der Waals surface area (Å²) in [5.74, 6) is 0.0000149. The largest absolute Gasteiger partial charge is 0.496 e. The molecule has 3 aromatic carbocycles. The molecule has 41 heavy (non-hydrogen) atoms. The molecule has 0 radical (unpaired) electrons. The molecule has 2 aliphatic heterocycles. The number of rotatable bonds is 8. The van der Waals surface area contributed by atoms with Crippen LogP contribution in [0, 0.1) is 12.8 Å². The summed E-state index contributed by atoms with van der Waals surface area (Å²) >= 11 is 0. The van der Waals surface area contributed by atoms with E-state index >= 15 is 0 Å². The first-order chi connectivity index (χ1) is 19.8. The van der Waals surface area contributed by atoms with Gasteiger partial charge in [0, 0.05) is 19.6 Å². The van der Waals surface area contributed by atoms with Crippen LogP contribution in [0.25, 0.3) is 0 Å². The standard InChI is InChI=1S/C31H35N3O6S/c1-22-19-25(14-15-27(22)39-2)41(37,38)33-18-8-11-24(20-33)31(36)34-21-29(40-28-13-7-6-12-26(28)34)30(35)32-17-16-23-9-4-3-5-10-23/h3-7,9-10,12-15,19,24,29H,8,11,16-18,20-21H2,1-2H3,(H,32,35)/t24-,29+/m1/s1. The number of fused-ring (bicyclic) bond motifs is 1. The first kappa shape index (κ1) is 28.6. The summed E-state index contributed by atoms with van der Waals surface area (Å²) in [6.45, 7) is 2.69. The van der Waals surface area contributed by atoms with Crippen molar-refractivity contribution in [2.45, 2.75) is 37.2 Å². The zero-order valence-electron chi connectivity index (χ0n) is 23.3. The topological polar surface area (TPSA) is 105 Å². The van der Waals surface area contributed by atoms with E-state index in [2.05, 4.69) is 5.32 Å². The van der Waals surface area contributed by atoms with E-state index < -0.39 is 22.0 Å². The van der Waals surface area contributed by atoms with Gasteiger partial charge in [-0.3, -0.25) is 9.59 Å². The third-order valence-corrected chi connectivity index (χ3v) is 9.49. The van der Waals surface area contributed by atoms with Crippen LogP contribution >= 0.6 is 0 Å². The van der Waals surface area contributed by atoms with Gasteiger partial charge in [-0.15, -0.1) is 0 Å². The fraction of sp³-hybridized carbons (Fsp3) is 0.355. The molecule has 216 valence electrons. The van der Waals surface area contributed by atoms with Gasteiger partial charge < -0.3 is 19.7 Å². The lowest BCUT2D eigenvalue weighted by atomic mass is 9.97. The van der Waals surface area contributed by atoms with Crippen molar-refractivity contribution in [1.29, 1.82) is 0 Å². The Balaban J connectivity index is 1.30. The molecule has 0 aliphatic carbocycles. The Hall–Kier alpha value is -3.89. The number of amides is 2. The Morgan fingerprint density at radius 1 is 1.02 bits per heavy atom. The molecule has 0 spiro atoms. The number of methoxy groups -OCH3 is 1. The van der Waals surface area contributed by atoms with E-state index in [1.165, 1.54) is 10.4 Å². The number of para-hydroxylation sites is 2. The van der Waals surface area contributed by atoms with Crippen LogP contribution in [-0.2, 0) is 26.0 Å². The van der Waals surface area contributed by atoms with Crippen molar-refractivity contribution in [2.24, 2.45) is 5.92 Å². The summed E-state index contributed by atoms with van der Waals surface area (Å²) in [5.41, 5.74) is 2.41. The average molecular weight is 578 g/mol. The van der Waals surface area contributed by atoms with Crippen molar-refractivity contribution >= 4 is 27.5 Å². The Bertz CT molecular complexity index is 1510. The van der Waals surface area contributed by atoms with Crippen molar-refractivity contribution in [2.75, 3.05) is 38.2 Å². The van der Waals surface area contributed by atoms with Crippen LogP contribution in [0.5, 0.6) is 11.5 Å². The van der Waals surface area contributed by atoms with Crippen molar-refractivity contribution < 1.29 is 27.5 Å². The normalized spacial score (nSPS) is 19.1. The molecule has 1 saturated heterocycles. The second kappa shape index (κ2) is 12.3. The van der Waals surface area contributed by atoms with Gasteiger partial charge in [-0.2, -0.15) is 4.31 Å². The molecule has 9 nitrogen and oxygen atoms in total. The number of ether oxygens (including phenoxy) is 2. The molecule has 1 fully saturated rings. The zero-order valence-corrected chi connectivity index (χ0v) is 24.1. The minimum Gasteiger partial charge on any atom is -0.496 e. The van der Waals surface area contributed by atoms with Gasteiger partial charge in [-0.05, 0) is 67.6 Å². The fourth-order valence-corrected chi connectivity index (χ4v) is 7.02. The lowest BCUT2D eigenvalue weighted by Crippen LogP contribution is -2.54. The van der Waals surface area contributed by atoms with E-state index in [1.807, 2.05) is 36.4 Å². The van der Waals surface area contributed by atoms with Gasteiger partial charge in [-0.25, -0.2) is 8.42 Å². The van der Waals surface area contributed by atoms with Gasteiger partial charge in [0.15, 0.2) is 6.10 Å². The van der Waals surface area contributed by atoms with E-state index in [0.717, 1.165) is 11.1 Å². The molecule has 2 atom stereocenters. The first-order valence-corrected chi connectivity index (χ1v) is 15.3. The molecular formula is C31H35N3O6S. The van der Waals surface area contributed by atoms with Gasteiger partial charge in [0.25, 0.3) is 5.91 Å². The molecule has 0 bridgehead atoms. The number of anilines is 1.